The fourth-order valence-electron chi connectivity index (χ4n) is 2.61. The summed E-state index contributed by atoms with van der Waals surface area (Å²) in [5.41, 5.74) is 2.56. The SMILES string of the molecule is COc1ccccc1NC(=O)COC(=O)c1nnn(-c2ccc(C)c(Cl)c2)c1C. The van der Waals surface area contributed by atoms with Crippen molar-refractivity contribution in [3.05, 3.63) is 64.4 Å². The van der Waals surface area contributed by atoms with Crippen LogP contribution in [0.3, 0.4) is 0 Å². The van der Waals surface area contributed by atoms with Crippen LogP contribution in [0.15, 0.2) is 42.5 Å². The molecule has 0 radical (unpaired) electrons. The summed E-state index contributed by atoms with van der Waals surface area (Å²) in [6.07, 6.45) is 0. The quantitative estimate of drug-likeness (QED) is 0.621. The van der Waals surface area contributed by atoms with Crippen LogP contribution in [0.25, 0.3) is 5.69 Å². The molecule has 150 valence electrons. The maximum atomic E-state index is 12.3. The lowest BCUT2D eigenvalue weighted by Crippen LogP contribution is -2.21. The van der Waals surface area contributed by atoms with E-state index in [-0.39, 0.29) is 5.69 Å². The molecule has 1 heterocycles. The summed E-state index contributed by atoms with van der Waals surface area (Å²) in [5, 5.41) is 11.1. The summed E-state index contributed by atoms with van der Waals surface area (Å²) in [6, 6.07) is 12.3. The number of esters is 1. The van der Waals surface area contributed by atoms with Crippen LogP contribution in [-0.2, 0) is 9.53 Å². The van der Waals surface area contributed by atoms with E-state index >= 15 is 0 Å². The fourth-order valence-corrected chi connectivity index (χ4v) is 2.78. The predicted octanol–water partition coefficient (Wildman–Crippen LogP) is 3.34. The van der Waals surface area contributed by atoms with Crippen LogP contribution >= 0.6 is 11.6 Å². The molecule has 0 aliphatic heterocycles. The first kappa shape index (κ1) is 20.3. The second kappa shape index (κ2) is 8.74. The Labute approximate surface area is 172 Å². The van der Waals surface area contributed by atoms with Gasteiger partial charge in [0.1, 0.15) is 5.75 Å². The molecule has 1 N–H and O–H groups in total. The molecule has 0 fully saturated rings. The molecule has 29 heavy (non-hydrogen) atoms. The molecular weight excluding hydrogens is 396 g/mol. The Morgan fingerprint density at radius 3 is 2.66 bits per heavy atom. The van der Waals surface area contributed by atoms with Gasteiger partial charge in [0.15, 0.2) is 12.3 Å². The molecule has 8 nitrogen and oxygen atoms in total. The van der Waals surface area contributed by atoms with E-state index in [4.69, 9.17) is 21.1 Å². The molecule has 2 aromatic carbocycles. The van der Waals surface area contributed by atoms with Crippen LogP contribution < -0.4 is 10.1 Å². The van der Waals surface area contributed by atoms with Crippen molar-refractivity contribution in [2.75, 3.05) is 19.0 Å². The van der Waals surface area contributed by atoms with Crippen LogP contribution in [0.1, 0.15) is 21.7 Å². The van der Waals surface area contributed by atoms with Crippen molar-refractivity contribution in [1.29, 1.82) is 0 Å². The Kier molecular flexibility index (Phi) is 6.13. The maximum Gasteiger partial charge on any atom is 0.361 e. The molecule has 9 heteroatoms. The summed E-state index contributed by atoms with van der Waals surface area (Å²) >= 11 is 6.15. The molecule has 3 aromatic rings. The molecule has 3 rings (SSSR count). The van der Waals surface area contributed by atoms with Crippen LogP contribution in [0.5, 0.6) is 5.75 Å². The van der Waals surface area contributed by atoms with Gasteiger partial charge in [0.2, 0.25) is 0 Å². The Morgan fingerprint density at radius 2 is 1.93 bits per heavy atom. The summed E-state index contributed by atoms with van der Waals surface area (Å²) in [7, 11) is 1.50. The van der Waals surface area contributed by atoms with Crippen molar-refractivity contribution < 1.29 is 19.1 Å². The maximum absolute atomic E-state index is 12.3. The number of methoxy groups -OCH3 is 1. The second-order valence-corrected chi connectivity index (χ2v) is 6.60. The molecular formula is C20H19ClN4O4. The van der Waals surface area contributed by atoms with Gasteiger partial charge in [0.05, 0.1) is 24.2 Å². The number of para-hydroxylation sites is 2. The number of hydrogen-bond acceptors (Lipinski definition) is 6. The molecule has 0 unspecified atom stereocenters. The molecule has 0 spiro atoms. The second-order valence-electron chi connectivity index (χ2n) is 6.19. The predicted molar refractivity (Wildman–Crippen MR) is 108 cm³/mol. The lowest BCUT2D eigenvalue weighted by Gasteiger charge is -2.10. The van der Waals surface area contributed by atoms with Crippen LogP contribution in [-0.4, -0.2) is 40.6 Å². The first-order chi connectivity index (χ1) is 13.9. The monoisotopic (exact) mass is 414 g/mol. The van der Waals surface area contributed by atoms with Gasteiger partial charge >= 0.3 is 5.97 Å². The van der Waals surface area contributed by atoms with Gasteiger partial charge < -0.3 is 14.8 Å². The first-order valence-corrected chi connectivity index (χ1v) is 9.07. The third kappa shape index (κ3) is 4.55. The van der Waals surface area contributed by atoms with E-state index in [0.717, 1.165) is 5.56 Å². The van der Waals surface area contributed by atoms with Gasteiger partial charge in [-0.3, -0.25) is 4.79 Å². The lowest BCUT2D eigenvalue weighted by molar-refractivity contribution is -0.119. The molecule has 0 aliphatic rings. The van der Waals surface area contributed by atoms with Gasteiger partial charge in [-0.05, 0) is 43.7 Å². The number of carbonyl (C=O) groups excluding carboxylic acids is 2. The average molecular weight is 415 g/mol. The van der Waals surface area contributed by atoms with Gasteiger partial charge in [-0.2, -0.15) is 0 Å². The smallest absolute Gasteiger partial charge is 0.361 e. The number of nitrogens with zero attached hydrogens (tertiary/aromatic N) is 3. The molecule has 1 amide bonds. The molecule has 0 atom stereocenters. The Balaban J connectivity index is 1.66. The number of rotatable bonds is 6. The number of ether oxygens (including phenoxy) is 2. The van der Waals surface area contributed by atoms with Gasteiger partial charge in [-0.15, -0.1) is 5.10 Å². The standard InChI is InChI=1S/C20H19ClN4O4/c1-12-8-9-14(10-15(12)21)25-13(2)19(23-24-25)20(27)29-11-18(26)22-16-6-4-5-7-17(16)28-3/h4-10H,11H2,1-3H3,(H,22,26). The highest BCUT2D eigenvalue weighted by atomic mass is 35.5. The normalized spacial score (nSPS) is 10.5. The number of halogens is 1. The highest BCUT2D eigenvalue weighted by Crippen LogP contribution is 2.23. The summed E-state index contributed by atoms with van der Waals surface area (Å²) in [4.78, 5) is 24.4. The molecule has 0 aliphatic carbocycles. The van der Waals surface area contributed by atoms with Crippen LogP contribution in [0, 0.1) is 13.8 Å². The summed E-state index contributed by atoms with van der Waals surface area (Å²) < 4.78 is 11.7. The van der Waals surface area contributed by atoms with Gasteiger partial charge in [-0.1, -0.05) is 35.0 Å². The number of aryl methyl sites for hydroxylation is 1. The van der Waals surface area contributed by atoms with Gasteiger partial charge in [-0.25, -0.2) is 9.48 Å². The minimum absolute atomic E-state index is 0.0202. The largest absolute Gasteiger partial charge is 0.495 e. The fraction of sp³-hybridized carbons (Fsp3) is 0.200. The first-order valence-electron chi connectivity index (χ1n) is 8.69. The Bertz CT molecular complexity index is 1060. The van der Waals surface area contributed by atoms with Crippen molar-refractivity contribution in [3.63, 3.8) is 0 Å². The number of anilines is 1. The zero-order chi connectivity index (χ0) is 21.0. The summed E-state index contributed by atoms with van der Waals surface area (Å²) in [5.74, 6) is -0.747. The van der Waals surface area contributed by atoms with E-state index in [2.05, 4.69) is 15.6 Å². The van der Waals surface area contributed by atoms with E-state index in [1.54, 1.807) is 37.3 Å². The van der Waals surface area contributed by atoms with Crippen LogP contribution in [0.2, 0.25) is 5.02 Å². The van der Waals surface area contributed by atoms with E-state index in [0.29, 0.717) is 27.8 Å². The lowest BCUT2D eigenvalue weighted by atomic mass is 10.2. The van der Waals surface area contributed by atoms with E-state index < -0.39 is 18.5 Å². The minimum atomic E-state index is -0.748. The van der Waals surface area contributed by atoms with Crippen LogP contribution in [0.4, 0.5) is 5.69 Å². The van der Waals surface area contributed by atoms with Crippen molar-refractivity contribution in [1.82, 2.24) is 15.0 Å². The topological polar surface area (TPSA) is 95.3 Å². The Morgan fingerprint density at radius 1 is 1.17 bits per heavy atom. The minimum Gasteiger partial charge on any atom is -0.495 e. The van der Waals surface area contributed by atoms with E-state index in [1.807, 2.05) is 19.1 Å². The molecule has 1 aromatic heterocycles. The third-order valence-electron chi connectivity index (χ3n) is 4.20. The highest BCUT2D eigenvalue weighted by Gasteiger charge is 2.20. The highest BCUT2D eigenvalue weighted by molar-refractivity contribution is 6.31. The Hall–Kier alpha value is -3.39. The number of aromatic nitrogens is 3. The number of carbonyl (C=O) groups is 2. The number of hydrogen-bond donors (Lipinski definition) is 1. The number of nitrogens with one attached hydrogen (secondary N) is 1. The average Bonchev–Trinajstić information content (AvgIpc) is 3.10. The van der Waals surface area contributed by atoms with Crippen molar-refractivity contribution in [2.24, 2.45) is 0 Å². The molecule has 0 saturated heterocycles. The van der Waals surface area contributed by atoms with Gasteiger partial charge in [0, 0.05) is 5.02 Å². The van der Waals surface area contributed by atoms with E-state index in [1.165, 1.54) is 11.8 Å². The molecule has 0 bridgehead atoms. The van der Waals surface area contributed by atoms with Gasteiger partial charge in [0.25, 0.3) is 5.91 Å². The molecule has 0 saturated carbocycles. The van der Waals surface area contributed by atoms with Crippen molar-refractivity contribution in [2.45, 2.75) is 13.8 Å². The van der Waals surface area contributed by atoms with E-state index in [9.17, 15) is 9.59 Å². The third-order valence-corrected chi connectivity index (χ3v) is 4.61. The zero-order valence-electron chi connectivity index (χ0n) is 16.1. The van der Waals surface area contributed by atoms with Crippen molar-refractivity contribution >= 4 is 29.2 Å². The summed E-state index contributed by atoms with van der Waals surface area (Å²) in [6.45, 7) is 3.10. The van der Waals surface area contributed by atoms with Crippen molar-refractivity contribution in [3.8, 4) is 11.4 Å². The number of amides is 1. The zero-order valence-corrected chi connectivity index (χ0v) is 16.9. The number of benzene rings is 2.